The summed E-state index contributed by atoms with van der Waals surface area (Å²) in [6.45, 7) is 5.48. The number of aliphatic imine (C=N–C) groups is 1. The first kappa shape index (κ1) is 19.1. The van der Waals surface area contributed by atoms with E-state index >= 15 is 0 Å². The molecular formula is C22H27N5O2. The first-order chi connectivity index (χ1) is 14.2. The second-order valence-corrected chi connectivity index (χ2v) is 7.20. The summed E-state index contributed by atoms with van der Waals surface area (Å²) in [6.07, 6.45) is 5.92. The maximum atomic E-state index is 12.4. The van der Waals surface area contributed by atoms with Gasteiger partial charge in [0.05, 0.1) is 6.26 Å². The molecule has 0 saturated carbocycles. The molecular weight excluding hydrogens is 366 g/mol. The molecule has 2 aromatic rings. The van der Waals surface area contributed by atoms with Gasteiger partial charge in [-0.15, -0.1) is 0 Å². The highest BCUT2D eigenvalue weighted by Crippen LogP contribution is 2.17. The number of benzene rings is 1. The van der Waals surface area contributed by atoms with E-state index in [-0.39, 0.29) is 5.91 Å². The van der Waals surface area contributed by atoms with Crippen molar-refractivity contribution < 1.29 is 9.21 Å². The third kappa shape index (κ3) is 4.45. The van der Waals surface area contributed by atoms with Crippen molar-refractivity contribution in [3.8, 4) is 0 Å². The number of furan rings is 1. The zero-order chi connectivity index (χ0) is 20.1. The van der Waals surface area contributed by atoms with Gasteiger partial charge in [0.25, 0.3) is 5.91 Å². The zero-order valence-corrected chi connectivity index (χ0v) is 16.8. The van der Waals surface area contributed by atoms with Crippen molar-refractivity contribution in [1.29, 1.82) is 0 Å². The molecule has 0 aliphatic carbocycles. The fourth-order valence-electron chi connectivity index (χ4n) is 3.70. The maximum absolute atomic E-state index is 12.4. The van der Waals surface area contributed by atoms with Gasteiger partial charge in [-0.1, -0.05) is 24.3 Å². The average molecular weight is 393 g/mol. The molecule has 0 radical (unpaired) electrons. The average Bonchev–Trinajstić information content (AvgIpc) is 3.49. The molecule has 1 aromatic carbocycles. The van der Waals surface area contributed by atoms with Crippen molar-refractivity contribution in [2.45, 2.75) is 6.54 Å². The molecule has 1 fully saturated rings. The fraction of sp³-hybridized carbons (Fsp3) is 0.364. The van der Waals surface area contributed by atoms with E-state index in [4.69, 9.17) is 4.42 Å². The predicted octanol–water partition coefficient (Wildman–Crippen LogP) is 2.19. The molecule has 7 nitrogen and oxygen atoms in total. The summed E-state index contributed by atoms with van der Waals surface area (Å²) in [5, 5.41) is 3.44. The minimum Gasteiger partial charge on any atom is -0.459 e. The van der Waals surface area contributed by atoms with E-state index in [1.165, 1.54) is 17.5 Å². The Kier molecular flexibility index (Phi) is 5.84. The van der Waals surface area contributed by atoms with Crippen LogP contribution in [0.4, 0.5) is 5.69 Å². The number of anilines is 1. The molecule has 1 amide bonds. The van der Waals surface area contributed by atoms with Gasteiger partial charge >= 0.3 is 0 Å². The highest BCUT2D eigenvalue weighted by molar-refractivity contribution is 5.91. The van der Waals surface area contributed by atoms with Gasteiger partial charge in [0.15, 0.2) is 11.7 Å². The molecule has 0 unspecified atom stereocenters. The molecule has 3 heterocycles. The van der Waals surface area contributed by atoms with Crippen LogP contribution in [0.1, 0.15) is 16.1 Å². The summed E-state index contributed by atoms with van der Waals surface area (Å²) in [7, 11) is 1.80. The van der Waals surface area contributed by atoms with Gasteiger partial charge in [-0.2, -0.15) is 0 Å². The first-order valence-electron chi connectivity index (χ1n) is 10.0. The monoisotopic (exact) mass is 393 g/mol. The van der Waals surface area contributed by atoms with Gasteiger partial charge in [-0.05, 0) is 29.8 Å². The minimum absolute atomic E-state index is 0.0501. The molecule has 1 N–H and O–H groups in total. The quantitative estimate of drug-likeness (QED) is 0.490. The van der Waals surface area contributed by atoms with Crippen molar-refractivity contribution in [2.75, 3.05) is 51.2 Å². The summed E-state index contributed by atoms with van der Waals surface area (Å²) >= 11 is 0. The number of carbonyl (C=O) groups excluding carboxylic acids is 1. The number of nitrogens with zero attached hydrogens (tertiary/aromatic N) is 4. The van der Waals surface area contributed by atoms with Crippen LogP contribution in [-0.2, 0) is 6.54 Å². The maximum Gasteiger partial charge on any atom is 0.289 e. The lowest BCUT2D eigenvalue weighted by molar-refractivity contribution is 0.0657. The minimum atomic E-state index is -0.0501. The Morgan fingerprint density at radius 1 is 1.03 bits per heavy atom. The number of carbonyl (C=O) groups is 1. The summed E-state index contributed by atoms with van der Waals surface area (Å²) in [4.78, 5) is 23.2. The van der Waals surface area contributed by atoms with Crippen LogP contribution in [-0.4, -0.2) is 68.0 Å². The second-order valence-electron chi connectivity index (χ2n) is 7.20. The molecule has 1 saturated heterocycles. The van der Waals surface area contributed by atoms with Gasteiger partial charge in [0.1, 0.15) is 0 Å². The van der Waals surface area contributed by atoms with E-state index < -0.39 is 0 Å². The van der Waals surface area contributed by atoms with Crippen LogP contribution in [0.3, 0.4) is 0 Å². The molecule has 0 bridgehead atoms. The lowest BCUT2D eigenvalue weighted by Crippen LogP contribution is -2.53. The number of rotatable bonds is 4. The van der Waals surface area contributed by atoms with Gasteiger partial charge in [-0.25, -0.2) is 0 Å². The Bertz CT molecular complexity index is 857. The predicted molar refractivity (Wildman–Crippen MR) is 114 cm³/mol. The van der Waals surface area contributed by atoms with Gasteiger partial charge in [0, 0.05) is 58.5 Å². The Morgan fingerprint density at radius 2 is 1.72 bits per heavy atom. The first-order valence-corrected chi connectivity index (χ1v) is 10.0. The Labute approximate surface area is 171 Å². The molecule has 7 heteroatoms. The van der Waals surface area contributed by atoms with Gasteiger partial charge < -0.3 is 24.4 Å². The van der Waals surface area contributed by atoms with Crippen LogP contribution < -0.4 is 10.2 Å². The molecule has 0 atom stereocenters. The van der Waals surface area contributed by atoms with Crippen molar-refractivity contribution in [1.82, 2.24) is 15.1 Å². The van der Waals surface area contributed by atoms with Crippen LogP contribution in [0.25, 0.3) is 0 Å². The highest BCUT2D eigenvalue weighted by atomic mass is 16.3. The number of piperazine rings is 1. The van der Waals surface area contributed by atoms with Crippen LogP contribution in [0.5, 0.6) is 0 Å². The number of amides is 1. The highest BCUT2D eigenvalue weighted by Gasteiger charge is 2.25. The van der Waals surface area contributed by atoms with Gasteiger partial charge in [-0.3, -0.25) is 9.79 Å². The van der Waals surface area contributed by atoms with Crippen LogP contribution in [0.2, 0.25) is 0 Å². The summed E-state index contributed by atoms with van der Waals surface area (Å²) in [5.74, 6) is 1.21. The summed E-state index contributed by atoms with van der Waals surface area (Å²) in [5.41, 5.74) is 2.47. The molecule has 1 aromatic heterocycles. The topological polar surface area (TPSA) is 64.3 Å². The number of nitrogens with one attached hydrogen (secondary N) is 1. The van der Waals surface area contributed by atoms with E-state index in [1.54, 1.807) is 19.2 Å². The third-order valence-electron chi connectivity index (χ3n) is 5.38. The standard InChI is InChI=1S/C22H27N5O2/c1-23-22(24-17-18-6-8-19(9-7-18)25-10-2-3-11-25)27-14-12-26(13-15-27)21(28)20-5-4-16-29-20/h2-9,16H,10-15,17H2,1H3,(H,23,24). The molecule has 2 aliphatic rings. The second kappa shape index (κ2) is 8.86. The Hall–Kier alpha value is -3.22. The number of hydrogen-bond acceptors (Lipinski definition) is 4. The van der Waals surface area contributed by atoms with Crippen molar-refractivity contribution in [3.63, 3.8) is 0 Å². The lowest BCUT2D eigenvalue weighted by atomic mass is 10.2. The third-order valence-corrected chi connectivity index (χ3v) is 5.38. The molecule has 2 aliphatic heterocycles. The molecule has 152 valence electrons. The van der Waals surface area contributed by atoms with Crippen molar-refractivity contribution in [3.05, 3.63) is 66.1 Å². The van der Waals surface area contributed by atoms with E-state index in [9.17, 15) is 4.79 Å². The van der Waals surface area contributed by atoms with Crippen LogP contribution >= 0.6 is 0 Å². The van der Waals surface area contributed by atoms with Crippen molar-refractivity contribution in [2.24, 2.45) is 4.99 Å². The Morgan fingerprint density at radius 3 is 2.34 bits per heavy atom. The lowest BCUT2D eigenvalue weighted by Gasteiger charge is -2.36. The summed E-state index contributed by atoms with van der Waals surface area (Å²) in [6, 6.07) is 12.1. The van der Waals surface area contributed by atoms with Crippen LogP contribution in [0.15, 0.2) is 64.2 Å². The van der Waals surface area contributed by atoms with Gasteiger partial charge in [0.2, 0.25) is 0 Å². The van der Waals surface area contributed by atoms with Crippen LogP contribution in [0, 0.1) is 0 Å². The summed E-state index contributed by atoms with van der Waals surface area (Å²) < 4.78 is 5.23. The zero-order valence-electron chi connectivity index (χ0n) is 16.8. The Balaban J connectivity index is 1.27. The van der Waals surface area contributed by atoms with Crippen molar-refractivity contribution >= 4 is 17.6 Å². The van der Waals surface area contributed by atoms with E-state index in [1.807, 2.05) is 4.90 Å². The van der Waals surface area contributed by atoms with E-state index in [2.05, 4.69) is 56.5 Å². The normalized spacial score (nSPS) is 17.1. The molecule has 0 spiro atoms. The number of hydrogen-bond donors (Lipinski definition) is 1. The fourth-order valence-corrected chi connectivity index (χ4v) is 3.70. The molecule has 4 rings (SSSR count). The van der Waals surface area contributed by atoms with E-state index in [0.717, 1.165) is 38.7 Å². The number of guanidine groups is 1. The largest absolute Gasteiger partial charge is 0.459 e. The van der Waals surface area contributed by atoms with E-state index in [0.29, 0.717) is 18.8 Å². The molecule has 29 heavy (non-hydrogen) atoms. The SMILES string of the molecule is CN=C(NCc1ccc(N2CC=CC2)cc1)N1CCN(C(=O)c2ccco2)CC1. The smallest absolute Gasteiger partial charge is 0.289 e.